The van der Waals surface area contributed by atoms with E-state index in [2.05, 4.69) is 15.3 Å². The third-order valence-corrected chi connectivity index (χ3v) is 3.48. The van der Waals surface area contributed by atoms with E-state index in [1.165, 1.54) is 0 Å². The largest absolute Gasteiger partial charge is 0.479 e. The fourth-order valence-corrected chi connectivity index (χ4v) is 2.46. The minimum Gasteiger partial charge on any atom is -0.479 e. The zero-order chi connectivity index (χ0) is 17.1. The standard InChI is InChI=1S/C15H22N4O4/c1-14(2,3)23-13(22)18-15(12(20)21)5-8-19(10-15)9-11-16-6-4-7-17-11/h4,6-7H,5,8-10H2,1-3H3,(H,18,22)(H,20,21). The van der Waals surface area contributed by atoms with Gasteiger partial charge in [0.15, 0.2) is 5.54 Å². The fourth-order valence-electron chi connectivity index (χ4n) is 2.46. The lowest BCUT2D eigenvalue weighted by Gasteiger charge is -2.28. The van der Waals surface area contributed by atoms with E-state index in [-0.39, 0.29) is 6.54 Å². The van der Waals surface area contributed by atoms with Crippen LogP contribution in [0.5, 0.6) is 0 Å². The molecule has 2 N–H and O–H groups in total. The second-order valence-corrected chi connectivity index (χ2v) is 6.64. The Morgan fingerprint density at radius 2 is 2.04 bits per heavy atom. The third kappa shape index (κ3) is 4.62. The predicted octanol–water partition coefficient (Wildman–Crippen LogP) is 1.03. The number of alkyl carbamates (subject to hydrolysis) is 1. The molecular formula is C15H22N4O4. The van der Waals surface area contributed by atoms with Gasteiger partial charge in [-0.2, -0.15) is 0 Å². The quantitative estimate of drug-likeness (QED) is 0.853. The van der Waals surface area contributed by atoms with Crippen molar-refractivity contribution in [3.63, 3.8) is 0 Å². The maximum atomic E-state index is 11.9. The van der Waals surface area contributed by atoms with Crippen LogP contribution in [0.1, 0.15) is 33.0 Å². The second kappa shape index (κ2) is 6.49. The SMILES string of the molecule is CC(C)(C)OC(=O)NC1(C(=O)O)CCN(Cc2ncccn2)C1. The number of nitrogens with zero attached hydrogens (tertiary/aromatic N) is 3. The van der Waals surface area contributed by atoms with Crippen LogP contribution in [0, 0.1) is 0 Å². The number of likely N-dealkylation sites (tertiary alicyclic amines) is 1. The molecule has 8 heteroatoms. The predicted molar refractivity (Wildman–Crippen MR) is 81.7 cm³/mol. The number of carbonyl (C=O) groups is 2. The molecule has 0 saturated carbocycles. The van der Waals surface area contributed by atoms with E-state index in [9.17, 15) is 14.7 Å². The van der Waals surface area contributed by atoms with Crippen molar-refractivity contribution < 1.29 is 19.4 Å². The molecule has 1 aromatic rings. The summed E-state index contributed by atoms with van der Waals surface area (Å²) in [6.07, 6.45) is 2.86. The summed E-state index contributed by atoms with van der Waals surface area (Å²) in [7, 11) is 0. The Balaban J connectivity index is 2.02. The first-order valence-corrected chi connectivity index (χ1v) is 7.43. The lowest BCUT2D eigenvalue weighted by Crippen LogP contribution is -2.57. The average molecular weight is 322 g/mol. The highest BCUT2D eigenvalue weighted by atomic mass is 16.6. The van der Waals surface area contributed by atoms with Crippen LogP contribution in [0.3, 0.4) is 0 Å². The number of nitrogens with one attached hydrogen (secondary N) is 1. The Hall–Kier alpha value is -2.22. The van der Waals surface area contributed by atoms with E-state index >= 15 is 0 Å². The van der Waals surface area contributed by atoms with Gasteiger partial charge in [-0.3, -0.25) is 4.90 Å². The maximum Gasteiger partial charge on any atom is 0.408 e. The Kier molecular flexibility index (Phi) is 4.84. The second-order valence-electron chi connectivity index (χ2n) is 6.64. The first-order valence-electron chi connectivity index (χ1n) is 7.43. The first-order chi connectivity index (χ1) is 10.7. The minimum atomic E-state index is -1.35. The average Bonchev–Trinajstić information content (AvgIpc) is 2.82. The molecule has 1 fully saturated rings. The van der Waals surface area contributed by atoms with Crippen LogP contribution >= 0.6 is 0 Å². The number of hydrogen-bond donors (Lipinski definition) is 2. The first kappa shape index (κ1) is 17.1. The van der Waals surface area contributed by atoms with E-state index in [1.807, 2.05) is 4.90 Å². The molecule has 0 radical (unpaired) electrons. The van der Waals surface area contributed by atoms with Crippen LogP contribution in [0.15, 0.2) is 18.5 Å². The van der Waals surface area contributed by atoms with E-state index in [1.54, 1.807) is 39.2 Å². The topological polar surface area (TPSA) is 105 Å². The summed E-state index contributed by atoms with van der Waals surface area (Å²) in [5.41, 5.74) is -2.03. The summed E-state index contributed by atoms with van der Waals surface area (Å²) in [6.45, 7) is 6.33. The Morgan fingerprint density at radius 1 is 1.39 bits per heavy atom. The molecule has 0 aromatic carbocycles. The van der Waals surface area contributed by atoms with Crippen molar-refractivity contribution >= 4 is 12.1 Å². The molecule has 1 aliphatic rings. The van der Waals surface area contributed by atoms with Crippen LogP contribution in [-0.2, 0) is 16.1 Å². The van der Waals surface area contributed by atoms with E-state index < -0.39 is 23.2 Å². The van der Waals surface area contributed by atoms with Gasteiger partial charge in [-0.05, 0) is 33.3 Å². The van der Waals surface area contributed by atoms with Gasteiger partial charge in [0.1, 0.15) is 11.4 Å². The summed E-state index contributed by atoms with van der Waals surface area (Å²) in [5, 5.41) is 12.1. The van der Waals surface area contributed by atoms with Crippen molar-refractivity contribution in [2.24, 2.45) is 0 Å². The van der Waals surface area contributed by atoms with Crippen LogP contribution in [0.2, 0.25) is 0 Å². The summed E-state index contributed by atoms with van der Waals surface area (Å²) in [4.78, 5) is 33.8. The van der Waals surface area contributed by atoms with Crippen molar-refractivity contribution in [3.8, 4) is 0 Å². The van der Waals surface area contributed by atoms with Gasteiger partial charge in [-0.15, -0.1) is 0 Å². The fraction of sp³-hybridized carbons (Fsp3) is 0.600. The normalized spacial score (nSPS) is 21.9. The summed E-state index contributed by atoms with van der Waals surface area (Å²) in [6, 6.07) is 1.72. The number of aromatic nitrogens is 2. The molecule has 126 valence electrons. The van der Waals surface area contributed by atoms with Crippen LogP contribution in [0.4, 0.5) is 4.79 Å². The van der Waals surface area contributed by atoms with Gasteiger partial charge in [-0.1, -0.05) is 0 Å². The molecule has 1 amide bonds. The van der Waals surface area contributed by atoms with Crippen molar-refractivity contribution in [2.45, 2.75) is 44.9 Å². The lowest BCUT2D eigenvalue weighted by molar-refractivity contribution is -0.144. The molecule has 1 unspecified atom stereocenters. The van der Waals surface area contributed by atoms with Crippen LogP contribution in [-0.4, -0.2) is 56.3 Å². The molecule has 1 aromatic heterocycles. The highest BCUT2D eigenvalue weighted by molar-refractivity contribution is 5.85. The number of rotatable bonds is 4. The molecule has 23 heavy (non-hydrogen) atoms. The number of carboxylic acids is 1. The molecule has 1 aliphatic heterocycles. The number of ether oxygens (including phenoxy) is 1. The molecule has 1 saturated heterocycles. The molecule has 0 bridgehead atoms. The molecule has 2 rings (SSSR count). The smallest absolute Gasteiger partial charge is 0.408 e. The van der Waals surface area contributed by atoms with Gasteiger partial charge in [0.25, 0.3) is 0 Å². The highest BCUT2D eigenvalue weighted by Gasteiger charge is 2.47. The lowest BCUT2D eigenvalue weighted by atomic mass is 9.99. The van der Waals surface area contributed by atoms with E-state index in [0.29, 0.717) is 25.3 Å². The molecule has 8 nitrogen and oxygen atoms in total. The Morgan fingerprint density at radius 3 is 2.61 bits per heavy atom. The number of amides is 1. The third-order valence-electron chi connectivity index (χ3n) is 3.48. The van der Waals surface area contributed by atoms with Crippen molar-refractivity contribution in [1.82, 2.24) is 20.2 Å². The van der Waals surface area contributed by atoms with Crippen LogP contribution in [0.25, 0.3) is 0 Å². The number of hydrogen-bond acceptors (Lipinski definition) is 6. The zero-order valence-electron chi connectivity index (χ0n) is 13.6. The molecular weight excluding hydrogens is 300 g/mol. The minimum absolute atomic E-state index is 0.180. The number of carbonyl (C=O) groups excluding carboxylic acids is 1. The van der Waals surface area contributed by atoms with Gasteiger partial charge >= 0.3 is 12.1 Å². The highest BCUT2D eigenvalue weighted by Crippen LogP contribution is 2.23. The van der Waals surface area contributed by atoms with Gasteiger partial charge in [0.05, 0.1) is 6.54 Å². The van der Waals surface area contributed by atoms with E-state index in [4.69, 9.17) is 4.74 Å². The molecule has 1 atom stereocenters. The maximum absolute atomic E-state index is 11.9. The van der Waals surface area contributed by atoms with E-state index in [0.717, 1.165) is 0 Å². The summed E-state index contributed by atoms with van der Waals surface area (Å²) < 4.78 is 5.17. The Labute approximate surface area is 134 Å². The zero-order valence-corrected chi connectivity index (χ0v) is 13.6. The van der Waals surface area contributed by atoms with Crippen molar-refractivity contribution in [1.29, 1.82) is 0 Å². The molecule has 2 heterocycles. The van der Waals surface area contributed by atoms with Gasteiger partial charge < -0.3 is 15.2 Å². The monoisotopic (exact) mass is 322 g/mol. The summed E-state index contributed by atoms with van der Waals surface area (Å²) in [5.74, 6) is -0.453. The van der Waals surface area contributed by atoms with Gasteiger partial charge in [0, 0.05) is 25.5 Å². The van der Waals surface area contributed by atoms with Gasteiger partial charge in [-0.25, -0.2) is 19.6 Å². The summed E-state index contributed by atoms with van der Waals surface area (Å²) >= 11 is 0. The van der Waals surface area contributed by atoms with Crippen LogP contribution < -0.4 is 5.32 Å². The van der Waals surface area contributed by atoms with Crippen molar-refractivity contribution in [2.75, 3.05) is 13.1 Å². The molecule has 0 aliphatic carbocycles. The molecule has 0 spiro atoms. The number of aliphatic carboxylic acids is 1. The Bertz CT molecular complexity index is 573. The number of carboxylic acid groups (broad SMARTS) is 1. The van der Waals surface area contributed by atoms with Crippen molar-refractivity contribution in [3.05, 3.63) is 24.3 Å². The van der Waals surface area contributed by atoms with Gasteiger partial charge in [0.2, 0.25) is 0 Å².